The van der Waals surface area contributed by atoms with E-state index in [9.17, 15) is 5.48 Å². The van der Waals surface area contributed by atoms with E-state index < -0.39 is 24.2 Å². The van der Waals surface area contributed by atoms with E-state index in [1.807, 2.05) is 54.6 Å². The van der Waals surface area contributed by atoms with Gasteiger partial charge in [-0.15, -0.1) is 11.3 Å². The van der Waals surface area contributed by atoms with E-state index in [4.69, 9.17) is 8.22 Å². The molecule has 0 spiro atoms. The number of thiophene rings is 1. The van der Waals surface area contributed by atoms with Crippen LogP contribution in [0.15, 0.2) is 157 Å². The molecule has 45 heavy (non-hydrogen) atoms. The zero-order valence-electron chi connectivity index (χ0n) is 33.5. The van der Waals surface area contributed by atoms with Crippen LogP contribution in [-0.4, -0.2) is 9.13 Å². The van der Waals surface area contributed by atoms with E-state index in [0.29, 0.717) is 11.4 Å². The summed E-state index contributed by atoms with van der Waals surface area (Å²) in [6, 6.07) is 26.9. The van der Waals surface area contributed by atoms with Crippen LogP contribution in [0.25, 0.3) is 86.3 Å². The van der Waals surface area contributed by atoms with Crippen molar-refractivity contribution < 1.29 is 13.7 Å². The maximum Gasteiger partial charge on any atom is 0.0645 e. The molecule has 0 amide bonds. The molecule has 0 aliphatic heterocycles. The first-order valence-electron chi connectivity index (χ1n) is 19.6. The minimum absolute atomic E-state index is 0.0587. The zero-order valence-corrected chi connectivity index (χ0v) is 24.4. The highest BCUT2D eigenvalue weighted by atomic mass is 32.1. The van der Waals surface area contributed by atoms with Gasteiger partial charge in [0.25, 0.3) is 0 Å². The first-order valence-corrected chi connectivity index (χ1v) is 15.4. The molecule has 0 saturated heterocycles. The van der Waals surface area contributed by atoms with E-state index in [1.165, 1.54) is 0 Å². The molecule has 0 bridgehead atoms. The van der Waals surface area contributed by atoms with Gasteiger partial charge in [0.05, 0.1) is 41.5 Å². The van der Waals surface area contributed by atoms with Crippen LogP contribution < -0.4 is 0 Å². The lowest BCUT2D eigenvalue weighted by atomic mass is 9.98. The largest absolute Gasteiger partial charge is 0.309 e. The topological polar surface area (TPSA) is 9.86 Å². The number of hydrogen-bond donors (Lipinski definition) is 0. The quantitative estimate of drug-likeness (QED) is 0.191. The van der Waals surface area contributed by atoms with Gasteiger partial charge in [0, 0.05) is 53.0 Å². The summed E-state index contributed by atoms with van der Waals surface area (Å²) in [5, 5.41) is 2.61. The van der Waals surface area contributed by atoms with Gasteiger partial charge < -0.3 is 9.13 Å². The Morgan fingerprint density at radius 1 is 0.444 bits per heavy atom. The van der Waals surface area contributed by atoms with E-state index in [-0.39, 0.29) is 79.9 Å². The van der Waals surface area contributed by atoms with Crippen LogP contribution >= 0.6 is 11.3 Å². The summed E-state index contributed by atoms with van der Waals surface area (Å²) in [6.45, 7) is 0. The predicted octanol–water partition coefficient (Wildman–Crippen LogP) is 11.9. The minimum atomic E-state index is -0.482. The molecule has 0 unspecified atom stereocenters. The number of fused-ring (bicyclic) bond motifs is 10. The normalized spacial score (nSPS) is 15.1. The third-order valence-electron chi connectivity index (χ3n) is 8.60. The fraction of sp³-hybridized carbons (Fsp3) is 0. The SMILES string of the molecule is [2H]c1c([2H])c([2H])c2c(c1[2H])c1c(c([2H])c([2H])c3c4c([2H])c([2H])c([2H])c([2H])c4n(-c4ccccc4)c31)n2-c1ccccc1-c1cccc2sc3ccccc3c12. The molecule has 10 aromatic rings. The Labute approximate surface area is 277 Å². The minimum Gasteiger partial charge on any atom is -0.309 e. The highest BCUT2D eigenvalue weighted by Gasteiger charge is 2.22. The van der Waals surface area contributed by atoms with E-state index in [0.717, 1.165) is 31.3 Å². The van der Waals surface area contributed by atoms with Crippen LogP contribution in [0, 0.1) is 0 Å². The average Bonchev–Trinajstić information content (AvgIpc) is 3.89. The molecule has 10 rings (SSSR count). The highest BCUT2D eigenvalue weighted by molar-refractivity contribution is 7.25. The zero-order chi connectivity index (χ0) is 38.2. The Balaban J connectivity index is 1.50. The molecule has 3 heterocycles. The van der Waals surface area contributed by atoms with Crippen molar-refractivity contribution >= 4 is 75.1 Å². The maximum absolute atomic E-state index is 9.72. The second kappa shape index (κ2) is 9.43. The van der Waals surface area contributed by atoms with Crippen molar-refractivity contribution in [3.05, 3.63) is 157 Å². The van der Waals surface area contributed by atoms with Crippen LogP contribution in [0.5, 0.6) is 0 Å². The Morgan fingerprint density at radius 3 is 2.02 bits per heavy atom. The van der Waals surface area contributed by atoms with Crippen LogP contribution in [0.2, 0.25) is 0 Å². The Hall–Kier alpha value is -5.64. The molecule has 2 nitrogen and oxygen atoms in total. The second-order valence-electron chi connectivity index (χ2n) is 10.9. The number of benzene rings is 7. The molecule has 3 aromatic heterocycles. The molecule has 0 N–H and O–H groups in total. The molecule has 7 aromatic carbocycles. The van der Waals surface area contributed by atoms with Crippen molar-refractivity contribution in [1.29, 1.82) is 0 Å². The third kappa shape index (κ3) is 3.44. The van der Waals surface area contributed by atoms with Gasteiger partial charge in [-0.3, -0.25) is 0 Å². The summed E-state index contributed by atoms with van der Waals surface area (Å²) in [5.41, 5.74) is 3.31. The van der Waals surface area contributed by atoms with Crippen LogP contribution in [-0.2, 0) is 0 Å². The van der Waals surface area contributed by atoms with Crippen molar-refractivity contribution in [1.82, 2.24) is 9.13 Å². The molecule has 0 aliphatic rings. The third-order valence-corrected chi connectivity index (χ3v) is 9.73. The van der Waals surface area contributed by atoms with E-state index in [1.54, 1.807) is 44.7 Å². The summed E-state index contributed by atoms with van der Waals surface area (Å²) in [7, 11) is 0. The van der Waals surface area contributed by atoms with Crippen LogP contribution in [0.1, 0.15) is 13.7 Å². The van der Waals surface area contributed by atoms with Crippen molar-refractivity contribution in [2.45, 2.75) is 0 Å². The summed E-state index contributed by atoms with van der Waals surface area (Å²) in [4.78, 5) is 0. The van der Waals surface area contributed by atoms with Gasteiger partial charge in [0.15, 0.2) is 0 Å². The molecule has 0 atom stereocenters. The molecular weight excluding hydrogens is 565 g/mol. The molecule has 3 heteroatoms. The molecule has 0 aliphatic carbocycles. The predicted molar refractivity (Wildman–Crippen MR) is 193 cm³/mol. The molecule has 0 saturated carbocycles. The number of aromatic nitrogens is 2. The summed E-state index contributed by atoms with van der Waals surface area (Å²) < 4.78 is 96.7. The lowest BCUT2D eigenvalue weighted by Crippen LogP contribution is -1.97. The summed E-state index contributed by atoms with van der Waals surface area (Å²) in [5.74, 6) is 0. The van der Waals surface area contributed by atoms with Gasteiger partial charge in [-0.2, -0.15) is 0 Å². The molecular formula is C42H26N2S. The van der Waals surface area contributed by atoms with E-state index in [2.05, 4.69) is 18.2 Å². The summed E-state index contributed by atoms with van der Waals surface area (Å²) >= 11 is 1.68. The second-order valence-corrected chi connectivity index (χ2v) is 12.0. The highest BCUT2D eigenvalue weighted by Crippen LogP contribution is 2.45. The van der Waals surface area contributed by atoms with Crippen molar-refractivity contribution in [2.24, 2.45) is 0 Å². The van der Waals surface area contributed by atoms with Gasteiger partial charge in [-0.05, 0) is 54.0 Å². The van der Waals surface area contributed by atoms with Crippen molar-refractivity contribution in [2.75, 3.05) is 0 Å². The van der Waals surface area contributed by atoms with Gasteiger partial charge in [0.1, 0.15) is 0 Å². The van der Waals surface area contributed by atoms with Crippen LogP contribution in [0.3, 0.4) is 0 Å². The van der Waals surface area contributed by atoms with Gasteiger partial charge in [-0.1, -0.05) is 109 Å². The average molecular weight is 601 g/mol. The van der Waals surface area contributed by atoms with Gasteiger partial charge >= 0.3 is 0 Å². The van der Waals surface area contributed by atoms with Crippen molar-refractivity contribution in [3.8, 4) is 22.5 Å². The summed E-state index contributed by atoms with van der Waals surface area (Å²) in [6.07, 6.45) is 0. The Morgan fingerprint density at radius 2 is 1.13 bits per heavy atom. The number of para-hydroxylation sites is 4. The Kier molecular flexibility index (Phi) is 3.56. The van der Waals surface area contributed by atoms with Gasteiger partial charge in [-0.25, -0.2) is 0 Å². The molecule has 0 radical (unpaired) electrons. The monoisotopic (exact) mass is 600 g/mol. The molecule has 210 valence electrons. The van der Waals surface area contributed by atoms with Crippen LogP contribution in [0.4, 0.5) is 0 Å². The lowest BCUT2D eigenvalue weighted by molar-refractivity contribution is 1.18. The number of hydrogen-bond acceptors (Lipinski definition) is 1. The maximum atomic E-state index is 9.72. The van der Waals surface area contributed by atoms with Crippen molar-refractivity contribution in [3.63, 3.8) is 0 Å². The lowest BCUT2D eigenvalue weighted by Gasteiger charge is -2.15. The first kappa shape index (κ1) is 17.0. The first-order chi connectivity index (χ1) is 26.5. The van der Waals surface area contributed by atoms with Gasteiger partial charge in [0.2, 0.25) is 0 Å². The Bertz CT molecular complexity index is 3330. The fourth-order valence-electron chi connectivity index (χ4n) is 6.79. The number of rotatable bonds is 3. The standard InChI is InChI=1S/C42H26N2S/c1-2-13-27(14-3-1)43-34-20-8-5-16-29(34)31-25-26-37-41(42(31)43)32-17-6-10-22-36(32)44(37)35-21-9-4-15-28(35)30-19-12-24-39-40(30)33-18-7-11-23-38(33)45-39/h1-26H/i5D,6D,8D,10D,16D,17D,20D,22D,25D,26D. The fourth-order valence-corrected chi connectivity index (χ4v) is 7.93. The smallest absolute Gasteiger partial charge is 0.0645 e. The number of nitrogens with zero attached hydrogens (tertiary/aromatic N) is 2. The molecule has 0 fully saturated rings. The van der Waals surface area contributed by atoms with E-state index >= 15 is 0 Å².